The van der Waals surface area contributed by atoms with Gasteiger partial charge in [0.1, 0.15) is 6.04 Å². The molecule has 1 aromatic rings. The molecule has 3 N–H and O–H groups in total. The molecule has 0 aliphatic rings. The van der Waals surface area contributed by atoms with E-state index in [9.17, 15) is 14.4 Å². The van der Waals surface area contributed by atoms with Gasteiger partial charge in [0.15, 0.2) is 0 Å². The minimum absolute atomic E-state index is 0.00285. The van der Waals surface area contributed by atoms with E-state index < -0.39 is 23.8 Å². The fourth-order valence-electron chi connectivity index (χ4n) is 1.52. The summed E-state index contributed by atoms with van der Waals surface area (Å²) in [6.07, 6.45) is 0.102. The zero-order chi connectivity index (χ0) is 15.1. The van der Waals surface area contributed by atoms with E-state index in [0.717, 1.165) is 4.47 Å². The predicted molar refractivity (Wildman–Crippen MR) is 75.8 cm³/mol. The summed E-state index contributed by atoms with van der Waals surface area (Å²) in [5.41, 5.74) is 5.60. The Morgan fingerprint density at radius 1 is 1.40 bits per heavy atom. The van der Waals surface area contributed by atoms with Crippen LogP contribution in [0.2, 0.25) is 0 Å². The molecule has 0 aliphatic carbocycles. The molecule has 7 heteroatoms. The largest absolute Gasteiger partial charge is 0.469 e. The normalized spacial score (nSPS) is 11.5. The summed E-state index contributed by atoms with van der Waals surface area (Å²) in [4.78, 5) is 34.3. The molecule has 6 nitrogen and oxygen atoms in total. The molecule has 1 rings (SSSR count). The molecule has 0 aliphatic heterocycles. The quantitative estimate of drug-likeness (QED) is 0.753. The molecule has 0 radical (unpaired) electrons. The third kappa shape index (κ3) is 5.00. The highest BCUT2D eigenvalue weighted by atomic mass is 79.9. The van der Waals surface area contributed by atoms with Crippen LogP contribution in [0.25, 0.3) is 0 Å². The van der Waals surface area contributed by atoms with E-state index in [1.165, 1.54) is 7.11 Å². The number of nitrogens with two attached hydrogens (primary N) is 1. The second-order valence-corrected chi connectivity index (χ2v) is 4.97. The van der Waals surface area contributed by atoms with Crippen molar-refractivity contribution in [3.8, 4) is 0 Å². The maximum absolute atomic E-state index is 12.0. The maximum Gasteiger partial charge on any atom is 0.305 e. The van der Waals surface area contributed by atoms with Gasteiger partial charge in [-0.15, -0.1) is 0 Å². The van der Waals surface area contributed by atoms with Gasteiger partial charge in [0.25, 0.3) is 5.91 Å². The third-order valence-corrected chi connectivity index (χ3v) is 3.09. The number of hydrogen-bond donors (Lipinski definition) is 2. The molecule has 0 spiro atoms. The van der Waals surface area contributed by atoms with Crippen molar-refractivity contribution >= 4 is 33.7 Å². The van der Waals surface area contributed by atoms with Crippen LogP contribution in [0.3, 0.4) is 0 Å². The van der Waals surface area contributed by atoms with E-state index in [1.807, 2.05) is 0 Å². The Bertz CT molecular complexity index is 519. The molecule has 0 aromatic heterocycles. The molecule has 1 aromatic carbocycles. The van der Waals surface area contributed by atoms with Crippen LogP contribution in [0.5, 0.6) is 0 Å². The first-order chi connectivity index (χ1) is 9.43. The SMILES string of the molecule is COC(=O)CC[C@@H](NC(=O)c1cccc(Br)c1)C(N)=O. The minimum atomic E-state index is -0.916. The van der Waals surface area contributed by atoms with Crippen molar-refractivity contribution in [3.05, 3.63) is 34.3 Å². The van der Waals surface area contributed by atoms with E-state index in [4.69, 9.17) is 5.73 Å². The first-order valence-electron chi connectivity index (χ1n) is 5.86. The number of primary amides is 1. The lowest BCUT2D eigenvalue weighted by Gasteiger charge is -2.15. The van der Waals surface area contributed by atoms with Gasteiger partial charge in [0, 0.05) is 16.5 Å². The summed E-state index contributed by atoms with van der Waals surface area (Å²) in [6.45, 7) is 0. The van der Waals surface area contributed by atoms with Gasteiger partial charge in [-0.05, 0) is 24.6 Å². The summed E-state index contributed by atoms with van der Waals surface area (Å²) in [5, 5.41) is 2.50. The fraction of sp³-hybridized carbons (Fsp3) is 0.308. The number of benzene rings is 1. The van der Waals surface area contributed by atoms with Gasteiger partial charge in [-0.25, -0.2) is 0 Å². The van der Waals surface area contributed by atoms with E-state index in [2.05, 4.69) is 26.0 Å². The molecule has 0 bridgehead atoms. The summed E-state index contributed by atoms with van der Waals surface area (Å²) in [6, 6.07) is 5.79. The number of methoxy groups -OCH3 is 1. The number of carbonyl (C=O) groups is 3. The van der Waals surface area contributed by atoms with Crippen molar-refractivity contribution < 1.29 is 19.1 Å². The number of amides is 2. The number of rotatable bonds is 6. The maximum atomic E-state index is 12.0. The van der Waals surface area contributed by atoms with Crippen molar-refractivity contribution in [2.24, 2.45) is 5.73 Å². The number of ether oxygens (including phenoxy) is 1. The van der Waals surface area contributed by atoms with Crippen LogP contribution in [0, 0.1) is 0 Å². The molecule has 0 heterocycles. The van der Waals surface area contributed by atoms with Gasteiger partial charge in [-0.3, -0.25) is 14.4 Å². The van der Waals surface area contributed by atoms with Gasteiger partial charge in [-0.2, -0.15) is 0 Å². The smallest absolute Gasteiger partial charge is 0.305 e. The molecule has 0 fully saturated rings. The monoisotopic (exact) mass is 342 g/mol. The van der Waals surface area contributed by atoms with E-state index in [-0.39, 0.29) is 12.8 Å². The van der Waals surface area contributed by atoms with Gasteiger partial charge in [0.2, 0.25) is 5.91 Å². The summed E-state index contributed by atoms with van der Waals surface area (Å²) in [7, 11) is 1.25. The van der Waals surface area contributed by atoms with E-state index in [1.54, 1.807) is 24.3 Å². The molecule has 20 heavy (non-hydrogen) atoms. The molecule has 108 valence electrons. The molecule has 2 amide bonds. The number of hydrogen-bond acceptors (Lipinski definition) is 4. The van der Waals surface area contributed by atoms with Crippen molar-refractivity contribution in [1.82, 2.24) is 5.32 Å². The summed E-state index contributed by atoms with van der Waals surface area (Å²) >= 11 is 3.25. The highest BCUT2D eigenvalue weighted by Crippen LogP contribution is 2.12. The summed E-state index contributed by atoms with van der Waals surface area (Å²) in [5.74, 6) is -1.59. The second-order valence-electron chi connectivity index (χ2n) is 4.05. The number of carbonyl (C=O) groups excluding carboxylic acids is 3. The number of nitrogens with one attached hydrogen (secondary N) is 1. The Morgan fingerprint density at radius 3 is 2.65 bits per heavy atom. The van der Waals surface area contributed by atoms with Crippen LogP contribution >= 0.6 is 15.9 Å². The van der Waals surface area contributed by atoms with Crippen LogP contribution in [-0.4, -0.2) is 30.9 Å². The Balaban J connectivity index is 2.68. The molecule has 0 saturated carbocycles. The van der Waals surface area contributed by atoms with Gasteiger partial charge in [0.05, 0.1) is 7.11 Å². The first-order valence-corrected chi connectivity index (χ1v) is 6.66. The lowest BCUT2D eigenvalue weighted by Crippen LogP contribution is -2.44. The first kappa shape index (κ1) is 16.2. The van der Waals surface area contributed by atoms with Crippen molar-refractivity contribution in [3.63, 3.8) is 0 Å². The zero-order valence-corrected chi connectivity index (χ0v) is 12.5. The Morgan fingerprint density at radius 2 is 2.10 bits per heavy atom. The van der Waals surface area contributed by atoms with Crippen molar-refractivity contribution in [1.29, 1.82) is 0 Å². The molecule has 1 atom stereocenters. The van der Waals surface area contributed by atoms with E-state index >= 15 is 0 Å². The van der Waals surface area contributed by atoms with Gasteiger partial charge in [-0.1, -0.05) is 22.0 Å². The Labute approximate surface area is 124 Å². The van der Waals surface area contributed by atoms with Gasteiger partial charge >= 0.3 is 5.97 Å². The highest BCUT2D eigenvalue weighted by molar-refractivity contribution is 9.10. The standard InChI is InChI=1S/C13H15BrN2O4/c1-20-11(17)6-5-10(12(15)18)16-13(19)8-3-2-4-9(14)7-8/h2-4,7,10H,5-6H2,1H3,(H2,15,18)(H,16,19)/t10-/m1/s1. The fourth-order valence-corrected chi connectivity index (χ4v) is 1.92. The molecule has 0 saturated heterocycles. The Hall–Kier alpha value is -1.89. The number of halogens is 1. The van der Waals surface area contributed by atoms with Gasteiger partial charge < -0.3 is 15.8 Å². The average molecular weight is 343 g/mol. The third-order valence-electron chi connectivity index (χ3n) is 2.60. The van der Waals surface area contributed by atoms with Crippen LogP contribution in [-0.2, 0) is 14.3 Å². The second kappa shape index (κ2) is 7.64. The topological polar surface area (TPSA) is 98.5 Å². The van der Waals surface area contributed by atoms with Crippen LogP contribution in [0.4, 0.5) is 0 Å². The number of esters is 1. The minimum Gasteiger partial charge on any atom is -0.469 e. The molecular weight excluding hydrogens is 328 g/mol. The van der Waals surface area contributed by atoms with Crippen LogP contribution < -0.4 is 11.1 Å². The zero-order valence-electron chi connectivity index (χ0n) is 10.9. The average Bonchev–Trinajstić information content (AvgIpc) is 2.42. The predicted octanol–water partition coefficient (Wildman–Crippen LogP) is 0.986. The van der Waals surface area contributed by atoms with Crippen molar-refractivity contribution in [2.75, 3.05) is 7.11 Å². The van der Waals surface area contributed by atoms with Crippen LogP contribution in [0.1, 0.15) is 23.2 Å². The lowest BCUT2D eigenvalue weighted by molar-refractivity contribution is -0.140. The molecular formula is C13H15BrN2O4. The van der Waals surface area contributed by atoms with E-state index in [0.29, 0.717) is 5.56 Å². The summed E-state index contributed by atoms with van der Waals surface area (Å²) < 4.78 is 5.22. The van der Waals surface area contributed by atoms with Crippen LogP contribution in [0.15, 0.2) is 28.7 Å². The highest BCUT2D eigenvalue weighted by Gasteiger charge is 2.20. The molecule has 0 unspecified atom stereocenters. The van der Waals surface area contributed by atoms with Crippen molar-refractivity contribution in [2.45, 2.75) is 18.9 Å². The lowest BCUT2D eigenvalue weighted by atomic mass is 10.1. The Kier molecular flexibility index (Phi) is 6.17.